The lowest BCUT2D eigenvalue weighted by Gasteiger charge is -2.07. The van der Waals surface area contributed by atoms with E-state index >= 15 is 0 Å². The molecule has 0 aromatic heterocycles. The number of aliphatic hydroxyl groups excluding tert-OH is 1. The van der Waals surface area contributed by atoms with Crippen LogP contribution in [0.5, 0.6) is 0 Å². The Balaban J connectivity index is 3.06. The molecule has 0 saturated carbocycles. The van der Waals surface area contributed by atoms with Crippen molar-refractivity contribution < 1.29 is 5.11 Å². The second kappa shape index (κ2) is 3.92. The van der Waals surface area contributed by atoms with Crippen molar-refractivity contribution in [2.45, 2.75) is 20.5 Å². The molecule has 0 atom stereocenters. The zero-order valence-corrected chi connectivity index (χ0v) is 8.02. The predicted molar refractivity (Wildman–Crippen MR) is 51.1 cm³/mol. The van der Waals surface area contributed by atoms with Gasteiger partial charge in [0.2, 0.25) is 0 Å². The molecule has 0 aliphatic carbocycles. The number of benzene rings is 1. The van der Waals surface area contributed by atoms with E-state index in [2.05, 4.69) is 0 Å². The Morgan fingerprint density at radius 2 is 2.00 bits per heavy atom. The molecule has 0 unspecified atom stereocenters. The summed E-state index contributed by atoms with van der Waals surface area (Å²) in [7, 11) is 0. The van der Waals surface area contributed by atoms with Gasteiger partial charge in [0.25, 0.3) is 0 Å². The van der Waals surface area contributed by atoms with E-state index < -0.39 is 0 Å². The fourth-order valence-corrected chi connectivity index (χ4v) is 1.29. The molecule has 2 heteroatoms. The van der Waals surface area contributed by atoms with E-state index in [9.17, 15) is 0 Å². The molecule has 65 valence electrons. The maximum atomic E-state index is 8.90. The van der Waals surface area contributed by atoms with Gasteiger partial charge in [0.1, 0.15) is 0 Å². The zero-order chi connectivity index (χ0) is 9.14. The summed E-state index contributed by atoms with van der Waals surface area (Å²) in [5.41, 5.74) is 1.95. The molecule has 0 fully saturated rings. The van der Waals surface area contributed by atoms with Crippen LogP contribution in [0, 0.1) is 5.92 Å². The van der Waals surface area contributed by atoms with Crippen molar-refractivity contribution in [1.29, 1.82) is 0 Å². The molecule has 0 aliphatic heterocycles. The fraction of sp³-hybridized carbons (Fsp3) is 0.300. The van der Waals surface area contributed by atoms with Gasteiger partial charge in [-0.2, -0.15) is 0 Å². The Hall–Kier alpha value is -0.530. The summed E-state index contributed by atoms with van der Waals surface area (Å²) in [4.78, 5) is 0. The number of rotatable bonds is 2. The summed E-state index contributed by atoms with van der Waals surface area (Å²) in [6.45, 7) is 4.08. The Morgan fingerprint density at radius 3 is 2.50 bits per heavy atom. The molecule has 0 amide bonds. The van der Waals surface area contributed by atoms with Gasteiger partial charge < -0.3 is 5.11 Å². The molecule has 1 aromatic rings. The summed E-state index contributed by atoms with van der Waals surface area (Å²) in [5, 5.41) is 9.58. The maximum absolute atomic E-state index is 8.90. The second-order valence-corrected chi connectivity index (χ2v) is 3.44. The average Bonchev–Trinajstić information content (AvgIpc) is 2.03. The molecule has 0 saturated heterocycles. The quantitative estimate of drug-likeness (QED) is 0.748. The lowest BCUT2D eigenvalue weighted by atomic mass is 10.0. The zero-order valence-electron chi connectivity index (χ0n) is 7.26. The van der Waals surface area contributed by atoms with Gasteiger partial charge in [-0.1, -0.05) is 31.5 Å². The van der Waals surface area contributed by atoms with E-state index in [0.717, 1.165) is 11.1 Å². The third-order valence-electron chi connectivity index (χ3n) is 1.72. The SMILES string of the molecule is C[C](C)c1cc(Cl)cc(CO)c1. The van der Waals surface area contributed by atoms with E-state index in [1.807, 2.05) is 26.0 Å². The van der Waals surface area contributed by atoms with E-state index in [1.165, 1.54) is 5.92 Å². The first-order valence-electron chi connectivity index (χ1n) is 3.84. The van der Waals surface area contributed by atoms with Crippen LogP contribution < -0.4 is 0 Å². The van der Waals surface area contributed by atoms with Gasteiger partial charge in [0, 0.05) is 5.02 Å². The normalized spacial score (nSPS) is 10.8. The summed E-state index contributed by atoms with van der Waals surface area (Å²) in [5.74, 6) is 1.20. The summed E-state index contributed by atoms with van der Waals surface area (Å²) < 4.78 is 0. The molecule has 0 aliphatic rings. The van der Waals surface area contributed by atoms with Gasteiger partial charge in [-0.15, -0.1) is 0 Å². The topological polar surface area (TPSA) is 20.2 Å². The number of hydrogen-bond donors (Lipinski definition) is 1. The van der Waals surface area contributed by atoms with E-state index in [1.54, 1.807) is 6.07 Å². The van der Waals surface area contributed by atoms with Gasteiger partial charge in [-0.25, -0.2) is 0 Å². The van der Waals surface area contributed by atoms with Gasteiger partial charge in [0.05, 0.1) is 6.61 Å². The van der Waals surface area contributed by atoms with Crippen LogP contribution in [0.4, 0.5) is 0 Å². The molecular formula is C10H12ClO. The van der Waals surface area contributed by atoms with Crippen LogP contribution in [0.3, 0.4) is 0 Å². The highest BCUT2D eigenvalue weighted by Crippen LogP contribution is 2.20. The molecule has 1 aromatic carbocycles. The lowest BCUT2D eigenvalue weighted by molar-refractivity contribution is 0.282. The maximum Gasteiger partial charge on any atom is 0.0682 e. The molecule has 0 heterocycles. The largest absolute Gasteiger partial charge is 0.392 e. The van der Waals surface area contributed by atoms with Crippen molar-refractivity contribution in [3.63, 3.8) is 0 Å². The smallest absolute Gasteiger partial charge is 0.0682 e. The number of halogens is 1. The summed E-state index contributed by atoms with van der Waals surface area (Å²) >= 11 is 5.85. The van der Waals surface area contributed by atoms with Crippen molar-refractivity contribution in [1.82, 2.24) is 0 Å². The average molecular weight is 184 g/mol. The highest BCUT2D eigenvalue weighted by Gasteiger charge is 2.02. The van der Waals surface area contributed by atoms with Crippen LogP contribution in [0.15, 0.2) is 18.2 Å². The molecule has 1 N–H and O–H groups in total. The molecule has 12 heavy (non-hydrogen) atoms. The van der Waals surface area contributed by atoms with Gasteiger partial charge in [0.15, 0.2) is 0 Å². The molecule has 0 bridgehead atoms. The number of hydrogen-bond acceptors (Lipinski definition) is 1. The van der Waals surface area contributed by atoms with Crippen molar-refractivity contribution in [3.05, 3.63) is 40.3 Å². The highest BCUT2D eigenvalue weighted by atomic mass is 35.5. The first-order valence-corrected chi connectivity index (χ1v) is 4.22. The minimum absolute atomic E-state index is 0.0425. The second-order valence-electron chi connectivity index (χ2n) is 3.01. The van der Waals surface area contributed by atoms with Crippen LogP contribution in [0.2, 0.25) is 5.02 Å². The monoisotopic (exact) mass is 183 g/mol. The Labute approximate surface area is 78.0 Å². The van der Waals surface area contributed by atoms with Crippen LogP contribution >= 0.6 is 11.6 Å². The first kappa shape index (κ1) is 9.56. The fourth-order valence-electron chi connectivity index (χ4n) is 1.03. The van der Waals surface area contributed by atoms with E-state index in [-0.39, 0.29) is 6.61 Å². The van der Waals surface area contributed by atoms with E-state index in [0.29, 0.717) is 5.02 Å². The molecular weight excluding hydrogens is 172 g/mol. The van der Waals surface area contributed by atoms with Crippen molar-refractivity contribution in [2.75, 3.05) is 0 Å². The summed E-state index contributed by atoms with van der Waals surface area (Å²) in [6.07, 6.45) is 0. The van der Waals surface area contributed by atoms with Crippen LogP contribution in [0.25, 0.3) is 0 Å². The van der Waals surface area contributed by atoms with Crippen molar-refractivity contribution in [2.24, 2.45) is 0 Å². The third kappa shape index (κ3) is 2.23. The Bertz CT molecular complexity index is 269. The number of aliphatic hydroxyl groups is 1. The van der Waals surface area contributed by atoms with Gasteiger partial charge in [-0.05, 0) is 29.2 Å². The minimum Gasteiger partial charge on any atom is -0.392 e. The van der Waals surface area contributed by atoms with Crippen molar-refractivity contribution >= 4 is 11.6 Å². The predicted octanol–water partition coefficient (Wildman–Crippen LogP) is 2.79. The highest BCUT2D eigenvalue weighted by molar-refractivity contribution is 6.30. The minimum atomic E-state index is 0.0425. The Morgan fingerprint density at radius 1 is 1.33 bits per heavy atom. The van der Waals surface area contributed by atoms with Crippen molar-refractivity contribution in [3.8, 4) is 0 Å². The molecule has 0 spiro atoms. The van der Waals surface area contributed by atoms with Crippen LogP contribution in [0.1, 0.15) is 25.0 Å². The van der Waals surface area contributed by atoms with E-state index in [4.69, 9.17) is 16.7 Å². The molecule has 1 rings (SSSR count). The third-order valence-corrected chi connectivity index (χ3v) is 1.94. The summed E-state index contributed by atoms with van der Waals surface area (Å²) in [6, 6.07) is 5.62. The van der Waals surface area contributed by atoms with Crippen LogP contribution in [-0.2, 0) is 6.61 Å². The lowest BCUT2D eigenvalue weighted by Crippen LogP contribution is -1.91. The molecule has 1 nitrogen and oxygen atoms in total. The first-order chi connectivity index (χ1) is 5.63. The van der Waals surface area contributed by atoms with Gasteiger partial charge >= 0.3 is 0 Å². The Kier molecular flexibility index (Phi) is 3.12. The molecule has 1 radical (unpaired) electrons. The standard InChI is InChI=1S/C10H12ClO/c1-7(2)9-3-8(6-12)4-10(11)5-9/h3-5,12H,6H2,1-2H3. The van der Waals surface area contributed by atoms with Gasteiger partial charge in [-0.3, -0.25) is 0 Å². The van der Waals surface area contributed by atoms with Crippen LogP contribution in [-0.4, -0.2) is 5.11 Å².